The number of hydrogen-bond donors (Lipinski definition) is 1. The van der Waals surface area contributed by atoms with E-state index >= 15 is 0 Å². The molecule has 1 N–H and O–H groups in total. The van der Waals surface area contributed by atoms with Gasteiger partial charge >= 0.3 is 5.97 Å². The molecule has 3 rings (SSSR count). The molecule has 0 aliphatic heterocycles. The molecule has 1 amide bonds. The van der Waals surface area contributed by atoms with Crippen LogP contribution < -0.4 is 10.1 Å². The second-order valence-corrected chi connectivity index (χ2v) is 8.99. The van der Waals surface area contributed by atoms with Gasteiger partial charge in [-0.25, -0.2) is 4.79 Å². The molecule has 1 aliphatic carbocycles. The summed E-state index contributed by atoms with van der Waals surface area (Å²) < 4.78 is 10.7. The molecule has 0 saturated heterocycles. The van der Waals surface area contributed by atoms with E-state index in [1.807, 2.05) is 57.3 Å². The number of benzene rings is 2. The van der Waals surface area contributed by atoms with E-state index in [1.165, 1.54) is 7.11 Å². The van der Waals surface area contributed by atoms with Crippen LogP contribution in [0.25, 0.3) is 0 Å². The lowest BCUT2D eigenvalue weighted by Crippen LogP contribution is -2.59. The molecule has 1 aliphatic rings. The van der Waals surface area contributed by atoms with Crippen LogP contribution >= 0.6 is 0 Å². The topological polar surface area (TPSA) is 67.9 Å². The van der Waals surface area contributed by atoms with Crippen molar-refractivity contribution < 1.29 is 19.1 Å². The summed E-state index contributed by atoms with van der Waals surface area (Å²) in [6, 6.07) is 15.0. The monoisotopic (exact) mass is 452 g/mol. The number of rotatable bonds is 9. The summed E-state index contributed by atoms with van der Waals surface area (Å²) in [6.45, 7) is 5.22. The van der Waals surface area contributed by atoms with Gasteiger partial charge in [-0.05, 0) is 69.1 Å². The Morgan fingerprint density at radius 1 is 1.09 bits per heavy atom. The number of methoxy groups -OCH3 is 1. The van der Waals surface area contributed by atoms with E-state index < -0.39 is 5.54 Å². The lowest BCUT2D eigenvalue weighted by Gasteiger charge is -2.43. The highest BCUT2D eigenvalue weighted by molar-refractivity contribution is 5.89. The third-order valence-corrected chi connectivity index (χ3v) is 6.70. The predicted octanol–water partition coefficient (Wildman–Crippen LogP) is 4.67. The van der Waals surface area contributed by atoms with Crippen LogP contribution in [0.4, 0.5) is 0 Å². The number of esters is 1. The first-order chi connectivity index (χ1) is 15.9. The van der Waals surface area contributed by atoms with Crippen molar-refractivity contribution in [1.29, 1.82) is 0 Å². The zero-order valence-electron chi connectivity index (χ0n) is 20.2. The summed E-state index contributed by atoms with van der Waals surface area (Å²) in [5.74, 6) is 0.549. The number of hydrogen-bond acceptors (Lipinski definition) is 5. The number of aryl methyl sites for hydroxylation is 1. The van der Waals surface area contributed by atoms with Gasteiger partial charge in [-0.3, -0.25) is 9.69 Å². The lowest BCUT2D eigenvalue weighted by atomic mass is 9.79. The minimum absolute atomic E-state index is 0.0600. The number of amides is 1. The van der Waals surface area contributed by atoms with E-state index in [1.54, 1.807) is 12.1 Å². The Bertz CT molecular complexity index is 935. The second-order valence-electron chi connectivity index (χ2n) is 8.99. The zero-order valence-corrected chi connectivity index (χ0v) is 20.2. The van der Waals surface area contributed by atoms with Crippen LogP contribution in [0.15, 0.2) is 48.5 Å². The maximum Gasteiger partial charge on any atom is 0.337 e. The van der Waals surface area contributed by atoms with Crippen LogP contribution in [0.1, 0.15) is 66.6 Å². The molecule has 0 bridgehead atoms. The van der Waals surface area contributed by atoms with Crippen LogP contribution in [-0.2, 0) is 9.53 Å². The molecule has 6 heteroatoms. The molecular formula is C27H36N2O4. The predicted molar refractivity (Wildman–Crippen MR) is 129 cm³/mol. The Labute approximate surface area is 197 Å². The summed E-state index contributed by atoms with van der Waals surface area (Å²) in [7, 11) is 3.39. The highest BCUT2D eigenvalue weighted by atomic mass is 16.5. The van der Waals surface area contributed by atoms with E-state index in [2.05, 4.69) is 10.2 Å². The molecule has 6 nitrogen and oxygen atoms in total. The summed E-state index contributed by atoms with van der Waals surface area (Å²) >= 11 is 0. The molecule has 1 saturated carbocycles. The van der Waals surface area contributed by atoms with Gasteiger partial charge in [-0.15, -0.1) is 0 Å². The van der Waals surface area contributed by atoms with Crippen molar-refractivity contribution in [3.8, 4) is 5.75 Å². The van der Waals surface area contributed by atoms with E-state index in [0.29, 0.717) is 18.7 Å². The molecule has 178 valence electrons. The first-order valence-electron chi connectivity index (χ1n) is 11.8. The van der Waals surface area contributed by atoms with Crippen molar-refractivity contribution in [2.75, 3.05) is 27.3 Å². The van der Waals surface area contributed by atoms with Crippen molar-refractivity contribution in [3.05, 3.63) is 65.2 Å². The average Bonchev–Trinajstić information content (AvgIpc) is 2.84. The molecular weight excluding hydrogens is 416 g/mol. The highest BCUT2D eigenvalue weighted by Crippen LogP contribution is 2.34. The van der Waals surface area contributed by atoms with Crippen molar-refractivity contribution in [3.63, 3.8) is 0 Å². The number of carbonyl (C=O) groups is 2. The van der Waals surface area contributed by atoms with Crippen molar-refractivity contribution >= 4 is 11.9 Å². The first-order valence-corrected chi connectivity index (χ1v) is 11.8. The molecule has 0 aromatic heterocycles. The summed E-state index contributed by atoms with van der Waals surface area (Å²) in [6.07, 6.45) is 4.92. The molecule has 33 heavy (non-hydrogen) atoms. The lowest BCUT2D eigenvalue weighted by molar-refractivity contribution is -0.136. The van der Waals surface area contributed by atoms with Gasteiger partial charge in [0.25, 0.3) is 0 Å². The number of ether oxygens (including phenoxy) is 2. The second kappa shape index (κ2) is 11.3. The normalized spacial score (nSPS) is 16.2. The Balaban J connectivity index is 1.64. The number of likely N-dealkylation sites (N-methyl/N-ethyl adjacent to an activating group) is 1. The Morgan fingerprint density at radius 3 is 2.42 bits per heavy atom. The summed E-state index contributed by atoms with van der Waals surface area (Å²) in [5, 5.41) is 3.23. The van der Waals surface area contributed by atoms with E-state index in [9.17, 15) is 9.59 Å². The molecule has 0 radical (unpaired) electrons. The largest absolute Gasteiger partial charge is 0.492 e. The fourth-order valence-corrected chi connectivity index (χ4v) is 4.58. The summed E-state index contributed by atoms with van der Waals surface area (Å²) in [5.41, 5.74) is 2.08. The van der Waals surface area contributed by atoms with Gasteiger partial charge in [0.05, 0.1) is 18.7 Å². The smallest absolute Gasteiger partial charge is 0.337 e. The van der Waals surface area contributed by atoms with E-state index in [0.717, 1.165) is 49.0 Å². The Kier molecular flexibility index (Phi) is 8.50. The summed E-state index contributed by atoms with van der Waals surface area (Å²) in [4.78, 5) is 27.4. The van der Waals surface area contributed by atoms with Crippen molar-refractivity contribution in [2.24, 2.45) is 0 Å². The SMILES string of the molecule is COC(=O)c1ccc(C(C)NC(=O)C2(N(C)CCOc3cccc(C)c3)CCCCC2)cc1. The van der Waals surface area contributed by atoms with Gasteiger partial charge in [0, 0.05) is 6.54 Å². The third-order valence-electron chi connectivity index (χ3n) is 6.70. The van der Waals surface area contributed by atoms with Crippen molar-refractivity contribution in [2.45, 2.75) is 57.5 Å². The van der Waals surface area contributed by atoms with Crippen molar-refractivity contribution in [1.82, 2.24) is 10.2 Å². The fourth-order valence-electron chi connectivity index (χ4n) is 4.58. The molecule has 2 aromatic rings. The number of carbonyl (C=O) groups excluding carboxylic acids is 2. The Hall–Kier alpha value is -2.86. The minimum Gasteiger partial charge on any atom is -0.492 e. The molecule has 0 heterocycles. The first kappa shape index (κ1) is 24.8. The molecule has 1 fully saturated rings. The van der Waals surface area contributed by atoms with Gasteiger partial charge < -0.3 is 14.8 Å². The standard InChI is InChI=1S/C27H36N2O4/c1-20-9-8-10-24(19-20)33-18-17-29(3)27(15-6-5-7-16-27)26(31)28-21(2)22-11-13-23(14-12-22)25(30)32-4/h8-14,19,21H,5-7,15-18H2,1-4H3,(H,28,31). The quantitative estimate of drug-likeness (QED) is 0.560. The molecule has 1 atom stereocenters. The third kappa shape index (κ3) is 6.14. The average molecular weight is 453 g/mol. The van der Waals surface area contributed by atoms with Gasteiger partial charge in [0.2, 0.25) is 5.91 Å². The Morgan fingerprint density at radius 2 is 1.79 bits per heavy atom. The van der Waals surface area contributed by atoms with Crippen LogP contribution in [0.2, 0.25) is 0 Å². The van der Waals surface area contributed by atoms with Gasteiger partial charge in [0.1, 0.15) is 17.9 Å². The van der Waals surface area contributed by atoms with Crippen LogP contribution in [-0.4, -0.2) is 49.6 Å². The van der Waals surface area contributed by atoms with E-state index in [4.69, 9.17) is 9.47 Å². The molecule has 2 aromatic carbocycles. The molecule has 0 spiro atoms. The van der Waals surface area contributed by atoms with Crippen LogP contribution in [0.5, 0.6) is 5.75 Å². The number of nitrogens with zero attached hydrogens (tertiary/aromatic N) is 1. The van der Waals surface area contributed by atoms with Crippen LogP contribution in [0, 0.1) is 6.92 Å². The van der Waals surface area contributed by atoms with Gasteiger partial charge in [0.15, 0.2) is 0 Å². The minimum atomic E-state index is -0.533. The highest BCUT2D eigenvalue weighted by Gasteiger charge is 2.43. The zero-order chi connectivity index (χ0) is 23.8. The number of nitrogens with one attached hydrogen (secondary N) is 1. The van der Waals surface area contributed by atoms with Gasteiger partial charge in [-0.1, -0.05) is 43.5 Å². The van der Waals surface area contributed by atoms with E-state index in [-0.39, 0.29) is 17.9 Å². The van der Waals surface area contributed by atoms with Crippen LogP contribution in [0.3, 0.4) is 0 Å². The maximum atomic E-state index is 13.6. The fraction of sp³-hybridized carbons (Fsp3) is 0.481. The molecule has 1 unspecified atom stereocenters. The maximum absolute atomic E-state index is 13.6. The van der Waals surface area contributed by atoms with Gasteiger partial charge in [-0.2, -0.15) is 0 Å².